The number of thioether (sulfide) groups is 1. The first kappa shape index (κ1) is 24.7. The lowest BCUT2D eigenvalue weighted by molar-refractivity contribution is -0.146. The zero-order chi connectivity index (χ0) is 25.4. The average molecular weight is 521 g/mol. The van der Waals surface area contributed by atoms with E-state index in [0.29, 0.717) is 29.8 Å². The van der Waals surface area contributed by atoms with Gasteiger partial charge in [0, 0.05) is 62.7 Å². The Hall–Kier alpha value is -2.96. The molecular weight excluding hydrogens is 492 g/mol. The second kappa shape index (κ2) is 9.83. The van der Waals surface area contributed by atoms with E-state index in [1.54, 1.807) is 20.0 Å². The Balaban J connectivity index is 1.64. The number of halogens is 1. The van der Waals surface area contributed by atoms with Gasteiger partial charge in [-0.05, 0) is 56.2 Å². The van der Waals surface area contributed by atoms with Crippen molar-refractivity contribution in [3.63, 3.8) is 0 Å². The maximum Gasteiger partial charge on any atom is 0.309 e. The molecule has 0 radical (unpaired) electrons. The van der Waals surface area contributed by atoms with Crippen LogP contribution in [0.4, 0.5) is 0 Å². The average Bonchev–Trinajstić information content (AvgIpc) is 3.13. The van der Waals surface area contributed by atoms with E-state index in [2.05, 4.69) is 28.6 Å². The van der Waals surface area contributed by atoms with Gasteiger partial charge in [-0.15, -0.1) is 11.8 Å². The molecule has 0 spiro atoms. The molecule has 1 unspecified atom stereocenters. The molecule has 0 fully saturated rings. The van der Waals surface area contributed by atoms with E-state index in [1.165, 1.54) is 15.8 Å². The quantitative estimate of drug-likeness (QED) is 0.271. The standard InChI is InChI=1S/C29H29ClN2O3S/c1-18-13-22-25(35-17-20-5-4-12-31-15-20)11-10-23-26(22)27(36-18)24(14-29(2,3)28(33)34)32(23)16-19-6-8-21(30)9-7-19/h4-12,15,18H,13-14,16-17H2,1-3H3,(H,33,34). The number of nitrogens with zero attached hydrogens (tertiary/aromatic N) is 2. The van der Waals surface area contributed by atoms with Crippen molar-refractivity contribution in [2.24, 2.45) is 5.41 Å². The molecule has 0 amide bonds. The SMILES string of the molecule is CC1Cc2c(OCc3cccnc3)ccc3c2c(c(CC(C)(C)C(=O)O)n3Cc2ccc(Cl)cc2)S1. The van der Waals surface area contributed by atoms with Crippen molar-refractivity contribution in [3.8, 4) is 5.75 Å². The van der Waals surface area contributed by atoms with E-state index in [0.717, 1.165) is 34.5 Å². The summed E-state index contributed by atoms with van der Waals surface area (Å²) in [6, 6.07) is 16.0. The van der Waals surface area contributed by atoms with E-state index >= 15 is 0 Å². The van der Waals surface area contributed by atoms with E-state index in [4.69, 9.17) is 16.3 Å². The monoisotopic (exact) mass is 520 g/mol. The summed E-state index contributed by atoms with van der Waals surface area (Å²) in [5.74, 6) is 0.0833. The third kappa shape index (κ3) is 4.84. The lowest BCUT2D eigenvalue weighted by atomic mass is 9.87. The van der Waals surface area contributed by atoms with Gasteiger partial charge in [0.1, 0.15) is 12.4 Å². The lowest BCUT2D eigenvalue weighted by Crippen LogP contribution is -2.28. The molecule has 1 aliphatic heterocycles. The van der Waals surface area contributed by atoms with Crippen LogP contribution in [0.15, 0.2) is 65.8 Å². The number of ether oxygens (including phenoxy) is 1. The Morgan fingerprint density at radius 2 is 1.97 bits per heavy atom. The minimum atomic E-state index is -0.899. The van der Waals surface area contributed by atoms with Crippen LogP contribution in [0.25, 0.3) is 10.9 Å². The highest BCUT2D eigenvalue weighted by atomic mass is 35.5. The summed E-state index contributed by atoms with van der Waals surface area (Å²) in [6.07, 6.45) is 4.91. The topological polar surface area (TPSA) is 64.3 Å². The number of hydrogen-bond acceptors (Lipinski definition) is 4. The van der Waals surface area contributed by atoms with Crippen molar-refractivity contribution in [1.82, 2.24) is 9.55 Å². The summed E-state index contributed by atoms with van der Waals surface area (Å²) in [7, 11) is 0. The van der Waals surface area contributed by atoms with Crippen molar-refractivity contribution in [1.29, 1.82) is 0 Å². The fourth-order valence-corrected chi connectivity index (χ4v) is 6.21. The number of carbonyl (C=O) groups is 1. The van der Waals surface area contributed by atoms with Gasteiger partial charge >= 0.3 is 5.97 Å². The zero-order valence-corrected chi connectivity index (χ0v) is 22.2. The molecule has 7 heteroatoms. The summed E-state index contributed by atoms with van der Waals surface area (Å²) >= 11 is 7.97. The molecule has 36 heavy (non-hydrogen) atoms. The molecule has 0 saturated heterocycles. The Labute approximate surface area is 220 Å². The Morgan fingerprint density at radius 1 is 1.19 bits per heavy atom. The van der Waals surface area contributed by atoms with Crippen LogP contribution < -0.4 is 4.74 Å². The molecule has 0 bridgehead atoms. The van der Waals surface area contributed by atoms with Gasteiger partial charge in [-0.25, -0.2) is 0 Å². The molecule has 1 atom stereocenters. The largest absolute Gasteiger partial charge is 0.489 e. The Morgan fingerprint density at radius 3 is 2.67 bits per heavy atom. The van der Waals surface area contributed by atoms with Crippen LogP contribution in [-0.2, 0) is 30.8 Å². The second-order valence-electron chi connectivity index (χ2n) is 10.1. The summed E-state index contributed by atoms with van der Waals surface area (Å²) < 4.78 is 8.60. The molecule has 2 aromatic heterocycles. The van der Waals surface area contributed by atoms with Gasteiger partial charge in [-0.3, -0.25) is 9.78 Å². The van der Waals surface area contributed by atoms with E-state index < -0.39 is 11.4 Å². The molecule has 0 saturated carbocycles. The first-order chi connectivity index (χ1) is 17.2. The highest BCUT2D eigenvalue weighted by Crippen LogP contribution is 2.48. The first-order valence-corrected chi connectivity index (χ1v) is 13.3. The number of carboxylic acid groups (broad SMARTS) is 1. The predicted octanol–water partition coefficient (Wildman–Crippen LogP) is 7.01. The summed E-state index contributed by atoms with van der Waals surface area (Å²) in [5.41, 5.74) is 4.61. The van der Waals surface area contributed by atoms with Gasteiger partial charge in [-0.2, -0.15) is 0 Å². The van der Waals surface area contributed by atoms with Crippen molar-refractivity contribution in [2.45, 2.75) is 56.9 Å². The zero-order valence-electron chi connectivity index (χ0n) is 20.6. The van der Waals surface area contributed by atoms with Crippen LogP contribution in [0.2, 0.25) is 5.02 Å². The molecule has 4 aromatic rings. The number of hydrogen-bond donors (Lipinski definition) is 1. The fraction of sp³-hybridized carbons (Fsp3) is 0.310. The van der Waals surface area contributed by atoms with Crippen LogP contribution in [-0.4, -0.2) is 25.9 Å². The fourth-order valence-electron chi connectivity index (χ4n) is 4.77. The van der Waals surface area contributed by atoms with E-state index in [-0.39, 0.29) is 0 Å². The van der Waals surface area contributed by atoms with E-state index in [1.807, 2.05) is 54.4 Å². The minimum absolute atomic E-state index is 0.349. The third-order valence-corrected chi connectivity index (χ3v) is 8.22. The van der Waals surface area contributed by atoms with Crippen LogP contribution in [0.5, 0.6) is 5.75 Å². The highest BCUT2D eigenvalue weighted by molar-refractivity contribution is 8.00. The van der Waals surface area contributed by atoms with E-state index in [9.17, 15) is 9.90 Å². The molecule has 2 aromatic carbocycles. The highest BCUT2D eigenvalue weighted by Gasteiger charge is 2.34. The first-order valence-electron chi connectivity index (χ1n) is 12.1. The molecule has 186 valence electrons. The van der Waals surface area contributed by atoms with Crippen molar-refractivity contribution in [2.75, 3.05) is 0 Å². The van der Waals surface area contributed by atoms with Gasteiger partial charge in [0.25, 0.3) is 0 Å². The summed E-state index contributed by atoms with van der Waals surface area (Å²) in [6.45, 7) is 6.91. The van der Waals surface area contributed by atoms with Gasteiger partial charge in [0.2, 0.25) is 0 Å². The van der Waals surface area contributed by atoms with Crippen molar-refractivity contribution < 1.29 is 14.6 Å². The normalized spacial score (nSPS) is 15.3. The van der Waals surface area contributed by atoms with Crippen LogP contribution in [0.3, 0.4) is 0 Å². The summed E-state index contributed by atoms with van der Waals surface area (Å²) in [5, 5.41) is 12.2. The number of rotatable bonds is 8. The van der Waals surface area contributed by atoms with Gasteiger partial charge in [0.05, 0.1) is 10.9 Å². The summed E-state index contributed by atoms with van der Waals surface area (Å²) in [4.78, 5) is 17.5. The third-order valence-electron chi connectivity index (χ3n) is 6.72. The predicted molar refractivity (Wildman–Crippen MR) is 145 cm³/mol. The van der Waals surface area contributed by atoms with Gasteiger partial charge in [0.15, 0.2) is 0 Å². The molecular formula is C29H29ClN2O3S. The maximum atomic E-state index is 12.1. The molecule has 1 aliphatic rings. The minimum Gasteiger partial charge on any atom is -0.489 e. The molecule has 1 N–H and O–H groups in total. The molecule has 3 heterocycles. The number of aliphatic carboxylic acids is 1. The number of aromatic nitrogens is 2. The molecule has 0 aliphatic carbocycles. The maximum absolute atomic E-state index is 12.1. The van der Waals surface area contributed by atoms with Crippen LogP contribution >= 0.6 is 23.4 Å². The van der Waals surface area contributed by atoms with Gasteiger partial charge in [-0.1, -0.05) is 36.7 Å². The Kier molecular flexibility index (Phi) is 6.75. The second-order valence-corrected chi connectivity index (χ2v) is 12.0. The molecule has 5 nitrogen and oxygen atoms in total. The lowest BCUT2D eigenvalue weighted by Gasteiger charge is -2.24. The van der Waals surface area contributed by atoms with Gasteiger partial charge < -0.3 is 14.4 Å². The smallest absolute Gasteiger partial charge is 0.309 e. The van der Waals surface area contributed by atoms with Crippen LogP contribution in [0, 0.1) is 5.41 Å². The number of carboxylic acids is 1. The van der Waals surface area contributed by atoms with Crippen molar-refractivity contribution in [3.05, 3.63) is 88.3 Å². The molecule has 5 rings (SSSR count). The van der Waals surface area contributed by atoms with Crippen molar-refractivity contribution >= 4 is 40.2 Å². The number of pyridine rings is 1. The van der Waals surface area contributed by atoms with Crippen LogP contribution in [0.1, 0.15) is 43.2 Å². The Bertz CT molecular complexity index is 1410. The number of benzene rings is 2.